The number of benzene rings is 1. The van der Waals surface area contributed by atoms with Gasteiger partial charge in [-0.15, -0.1) is 0 Å². The molecule has 0 radical (unpaired) electrons. The summed E-state index contributed by atoms with van der Waals surface area (Å²) in [7, 11) is 0. The van der Waals surface area contributed by atoms with E-state index >= 15 is 0 Å². The Bertz CT molecular complexity index is 626. The third kappa shape index (κ3) is 2.13. The van der Waals surface area contributed by atoms with E-state index in [2.05, 4.69) is 48.0 Å². The van der Waals surface area contributed by atoms with Crippen molar-refractivity contribution in [1.29, 1.82) is 0 Å². The zero-order chi connectivity index (χ0) is 13.6. The molecule has 1 fully saturated rings. The van der Waals surface area contributed by atoms with Crippen molar-refractivity contribution in [3.63, 3.8) is 0 Å². The quantitative estimate of drug-likeness (QED) is 0.943. The average molecular weight is 320 g/mol. The molecule has 1 aliphatic rings. The number of nitrogens with zero attached hydrogens (tertiary/aromatic N) is 2. The van der Waals surface area contributed by atoms with Crippen LogP contribution in [0, 0.1) is 13.8 Å². The fourth-order valence-corrected chi connectivity index (χ4v) is 3.28. The lowest BCUT2D eigenvalue weighted by Gasteiger charge is -2.10. The van der Waals surface area contributed by atoms with Crippen molar-refractivity contribution in [1.82, 2.24) is 9.78 Å². The van der Waals surface area contributed by atoms with Crippen molar-refractivity contribution in [2.24, 2.45) is 5.73 Å². The summed E-state index contributed by atoms with van der Waals surface area (Å²) in [4.78, 5) is 0. The lowest BCUT2D eigenvalue weighted by molar-refractivity contribution is 0.658. The Balaban J connectivity index is 2.05. The van der Waals surface area contributed by atoms with Crippen molar-refractivity contribution < 1.29 is 0 Å². The summed E-state index contributed by atoms with van der Waals surface area (Å²) in [6.07, 6.45) is 4.33. The molecule has 4 heteroatoms. The monoisotopic (exact) mass is 319 g/mol. The zero-order valence-corrected chi connectivity index (χ0v) is 12.9. The predicted octanol–water partition coefficient (Wildman–Crippen LogP) is 3.24. The fourth-order valence-electron chi connectivity index (χ4n) is 2.59. The number of halogens is 1. The second kappa shape index (κ2) is 4.46. The Morgan fingerprint density at radius 1 is 1.37 bits per heavy atom. The third-order valence-electron chi connectivity index (χ3n) is 4.02. The van der Waals surface area contributed by atoms with E-state index in [1.54, 1.807) is 0 Å². The molecule has 0 amide bonds. The molecule has 1 aromatic heterocycles. The number of nitrogens with two attached hydrogens (primary N) is 1. The van der Waals surface area contributed by atoms with Gasteiger partial charge in [-0.3, -0.25) is 0 Å². The second-order valence-corrected chi connectivity index (χ2v) is 6.40. The second-order valence-electron chi connectivity index (χ2n) is 5.54. The number of hydrogen-bond acceptors (Lipinski definition) is 2. The first-order valence-corrected chi connectivity index (χ1v) is 7.38. The smallest absolute Gasteiger partial charge is 0.0845 e. The van der Waals surface area contributed by atoms with E-state index in [-0.39, 0.29) is 5.41 Å². The van der Waals surface area contributed by atoms with Crippen LogP contribution in [0.1, 0.15) is 29.7 Å². The summed E-state index contributed by atoms with van der Waals surface area (Å²) in [6.45, 7) is 4.90. The Labute approximate surface area is 121 Å². The zero-order valence-electron chi connectivity index (χ0n) is 11.3. The van der Waals surface area contributed by atoms with Gasteiger partial charge in [0.2, 0.25) is 0 Å². The molecule has 1 aromatic carbocycles. The lowest BCUT2D eigenvalue weighted by Crippen LogP contribution is -2.21. The highest BCUT2D eigenvalue weighted by Gasteiger charge is 2.46. The van der Waals surface area contributed by atoms with E-state index in [1.807, 2.05) is 10.9 Å². The molecule has 0 spiro atoms. The average Bonchev–Trinajstić information content (AvgIpc) is 3.07. The number of aromatic nitrogens is 2. The summed E-state index contributed by atoms with van der Waals surface area (Å²) in [5.74, 6) is 0. The molecule has 0 aliphatic heterocycles. The van der Waals surface area contributed by atoms with Crippen molar-refractivity contribution in [3.05, 3.63) is 45.7 Å². The predicted molar refractivity (Wildman–Crippen MR) is 80.7 cm³/mol. The van der Waals surface area contributed by atoms with Gasteiger partial charge in [0.1, 0.15) is 0 Å². The molecular formula is C15H18BrN3. The third-order valence-corrected chi connectivity index (χ3v) is 4.60. The van der Waals surface area contributed by atoms with Crippen LogP contribution in [-0.2, 0) is 5.41 Å². The Kier molecular flexibility index (Phi) is 3.02. The minimum Gasteiger partial charge on any atom is -0.330 e. The van der Waals surface area contributed by atoms with Gasteiger partial charge in [-0.25, -0.2) is 4.68 Å². The molecule has 0 atom stereocenters. The molecule has 1 aliphatic carbocycles. The number of aryl methyl sites for hydroxylation is 2. The van der Waals surface area contributed by atoms with Crippen LogP contribution in [0.3, 0.4) is 0 Å². The van der Waals surface area contributed by atoms with Gasteiger partial charge >= 0.3 is 0 Å². The van der Waals surface area contributed by atoms with Crippen LogP contribution in [0.25, 0.3) is 5.69 Å². The van der Waals surface area contributed by atoms with Gasteiger partial charge in [0.25, 0.3) is 0 Å². The summed E-state index contributed by atoms with van der Waals surface area (Å²) in [5.41, 5.74) is 10.8. The molecule has 0 saturated heterocycles. The molecule has 19 heavy (non-hydrogen) atoms. The van der Waals surface area contributed by atoms with Gasteiger partial charge < -0.3 is 5.73 Å². The van der Waals surface area contributed by atoms with E-state index in [0.29, 0.717) is 6.54 Å². The number of rotatable bonds is 3. The van der Waals surface area contributed by atoms with Gasteiger partial charge in [-0.1, -0.05) is 17.7 Å². The van der Waals surface area contributed by atoms with Gasteiger partial charge in [-0.2, -0.15) is 5.10 Å². The van der Waals surface area contributed by atoms with E-state index in [9.17, 15) is 0 Å². The standard InChI is InChI=1S/C15H18BrN3/c1-10-3-4-13(11(2)7-10)19-8-12(16)14(18-19)15(9-17)5-6-15/h3-4,7-8H,5-6,9,17H2,1-2H3. The Morgan fingerprint density at radius 2 is 2.11 bits per heavy atom. The molecule has 100 valence electrons. The Morgan fingerprint density at radius 3 is 2.68 bits per heavy atom. The summed E-state index contributed by atoms with van der Waals surface area (Å²) in [6, 6.07) is 6.42. The number of hydrogen-bond donors (Lipinski definition) is 1. The van der Waals surface area contributed by atoms with Crippen LogP contribution in [0.15, 0.2) is 28.9 Å². The molecule has 3 nitrogen and oxygen atoms in total. The first-order valence-electron chi connectivity index (χ1n) is 6.59. The van der Waals surface area contributed by atoms with Gasteiger partial charge in [0.15, 0.2) is 0 Å². The van der Waals surface area contributed by atoms with Crippen molar-refractivity contribution >= 4 is 15.9 Å². The fraction of sp³-hybridized carbons (Fsp3) is 0.400. The van der Waals surface area contributed by atoms with Crippen LogP contribution >= 0.6 is 15.9 Å². The van der Waals surface area contributed by atoms with Crippen molar-refractivity contribution in [3.8, 4) is 5.69 Å². The van der Waals surface area contributed by atoms with Crippen molar-refractivity contribution in [2.45, 2.75) is 32.1 Å². The maximum atomic E-state index is 5.90. The van der Waals surface area contributed by atoms with Crippen LogP contribution < -0.4 is 5.73 Å². The highest BCUT2D eigenvalue weighted by atomic mass is 79.9. The summed E-state index contributed by atoms with van der Waals surface area (Å²) >= 11 is 3.63. The van der Waals surface area contributed by atoms with E-state index in [4.69, 9.17) is 10.8 Å². The minimum atomic E-state index is 0.114. The SMILES string of the molecule is Cc1ccc(-n2cc(Br)c(C3(CN)CC3)n2)c(C)c1. The maximum absolute atomic E-state index is 5.90. The van der Waals surface area contributed by atoms with Crippen LogP contribution in [0.2, 0.25) is 0 Å². The first kappa shape index (κ1) is 12.9. The lowest BCUT2D eigenvalue weighted by atomic mass is 10.0. The highest BCUT2D eigenvalue weighted by molar-refractivity contribution is 9.10. The molecule has 1 heterocycles. The molecular weight excluding hydrogens is 302 g/mol. The molecule has 0 unspecified atom stereocenters. The van der Waals surface area contributed by atoms with Crippen LogP contribution in [-0.4, -0.2) is 16.3 Å². The van der Waals surface area contributed by atoms with Crippen LogP contribution in [0.4, 0.5) is 0 Å². The maximum Gasteiger partial charge on any atom is 0.0845 e. The molecule has 2 N–H and O–H groups in total. The van der Waals surface area contributed by atoms with E-state index in [0.717, 1.165) is 28.7 Å². The molecule has 2 aromatic rings. The highest BCUT2D eigenvalue weighted by Crippen LogP contribution is 2.49. The van der Waals surface area contributed by atoms with Gasteiger partial charge in [0.05, 0.1) is 15.9 Å². The van der Waals surface area contributed by atoms with E-state index < -0.39 is 0 Å². The summed E-state index contributed by atoms with van der Waals surface area (Å²) in [5, 5.41) is 4.77. The van der Waals surface area contributed by atoms with Crippen molar-refractivity contribution in [2.75, 3.05) is 6.54 Å². The molecule has 3 rings (SSSR count). The van der Waals surface area contributed by atoms with Crippen LogP contribution in [0.5, 0.6) is 0 Å². The molecule has 1 saturated carbocycles. The molecule has 0 bridgehead atoms. The first-order chi connectivity index (χ1) is 9.05. The largest absolute Gasteiger partial charge is 0.330 e. The topological polar surface area (TPSA) is 43.8 Å². The van der Waals surface area contributed by atoms with Gasteiger partial charge in [0, 0.05) is 18.2 Å². The Hall–Kier alpha value is -1.13. The van der Waals surface area contributed by atoms with Gasteiger partial charge in [-0.05, 0) is 54.2 Å². The summed E-state index contributed by atoms with van der Waals surface area (Å²) < 4.78 is 3.03. The van der Waals surface area contributed by atoms with E-state index in [1.165, 1.54) is 11.1 Å². The minimum absolute atomic E-state index is 0.114. The normalized spacial score (nSPS) is 16.6.